The van der Waals surface area contributed by atoms with E-state index in [-0.39, 0.29) is 0 Å². The molecule has 0 aliphatic heterocycles. The molecule has 0 bridgehead atoms. The molecule has 3 unspecified atom stereocenters. The summed E-state index contributed by atoms with van der Waals surface area (Å²) in [5.41, 5.74) is 0. The van der Waals surface area contributed by atoms with E-state index >= 15 is 0 Å². The maximum atomic E-state index is 5.75. The summed E-state index contributed by atoms with van der Waals surface area (Å²) in [6, 6.07) is 0.718. The fourth-order valence-corrected chi connectivity index (χ4v) is 3.52. The summed E-state index contributed by atoms with van der Waals surface area (Å²) < 4.78 is 10.8. The van der Waals surface area contributed by atoms with Gasteiger partial charge in [0.15, 0.2) is 0 Å². The molecule has 0 aromatic rings. The smallest absolute Gasteiger partial charge is 0.0487 e. The highest BCUT2D eigenvalue weighted by atomic mass is 16.5. The lowest BCUT2D eigenvalue weighted by Crippen LogP contribution is -2.41. The van der Waals surface area contributed by atoms with Crippen LogP contribution >= 0.6 is 0 Å². The molecular weight excluding hydrogens is 250 g/mol. The van der Waals surface area contributed by atoms with Crippen LogP contribution in [0.2, 0.25) is 0 Å². The van der Waals surface area contributed by atoms with Gasteiger partial charge in [0.25, 0.3) is 0 Å². The molecule has 3 nitrogen and oxygen atoms in total. The normalized spacial score (nSPS) is 26.9. The van der Waals surface area contributed by atoms with Gasteiger partial charge in [-0.15, -0.1) is 0 Å². The van der Waals surface area contributed by atoms with Crippen LogP contribution < -0.4 is 5.32 Å². The average Bonchev–Trinajstić information content (AvgIpc) is 2.45. The summed E-state index contributed by atoms with van der Waals surface area (Å²) in [6.45, 7) is 8.18. The zero-order chi connectivity index (χ0) is 14.6. The Hall–Kier alpha value is -0.120. The predicted octanol–water partition coefficient (Wildman–Crippen LogP) is 3.62. The largest absolute Gasteiger partial charge is 0.385 e. The highest BCUT2D eigenvalue weighted by Crippen LogP contribution is 2.34. The summed E-state index contributed by atoms with van der Waals surface area (Å²) >= 11 is 0. The first kappa shape index (κ1) is 17.9. The third-order valence-electron chi connectivity index (χ3n) is 4.52. The molecule has 0 aromatic heterocycles. The van der Waals surface area contributed by atoms with Gasteiger partial charge < -0.3 is 14.8 Å². The van der Waals surface area contributed by atoms with Crippen LogP contribution in [0.1, 0.15) is 58.8 Å². The summed E-state index contributed by atoms with van der Waals surface area (Å²) in [5, 5.41) is 3.68. The van der Waals surface area contributed by atoms with Gasteiger partial charge in [-0.1, -0.05) is 26.7 Å². The van der Waals surface area contributed by atoms with Crippen molar-refractivity contribution in [2.45, 2.75) is 64.8 Å². The molecule has 0 saturated heterocycles. The van der Waals surface area contributed by atoms with Crippen LogP contribution in [0.5, 0.6) is 0 Å². The van der Waals surface area contributed by atoms with Gasteiger partial charge in [-0.05, 0) is 50.5 Å². The van der Waals surface area contributed by atoms with Gasteiger partial charge in [0.1, 0.15) is 0 Å². The van der Waals surface area contributed by atoms with E-state index in [2.05, 4.69) is 19.2 Å². The van der Waals surface area contributed by atoms with Crippen molar-refractivity contribution < 1.29 is 9.47 Å². The van der Waals surface area contributed by atoms with E-state index < -0.39 is 0 Å². The van der Waals surface area contributed by atoms with Crippen LogP contribution in [0.3, 0.4) is 0 Å². The molecule has 3 heteroatoms. The van der Waals surface area contributed by atoms with Gasteiger partial charge in [-0.3, -0.25) is 0 Å². The van der Waals surface area contributed by atoms with E-state index in [1.54, 1.807) is 7.11 Å². The fourth-order valence-electron chi connectivity index (χ4n) is 3.52. The molecule has 0 aromatic carbocycles. The standard InChI is InChI=1S/C17H35NO2/c1-4-7-15-8-9-17(18-5-2)16(14-15)10-13-20-12-6-11-19-3/h15-18H,4-14H2,1-3H3. The van der Waals surface area contributed by atoms with Gasteiger partial charge in [0.2, 0.25) is 0 Å². The van der Waals surface area contributed by atoms with Crippen LogP contribution in [-0.4, -0.2) is 39.5 Å². The maximum absolute atomic E-state index is 5.75. The monoisotopic (exact) mass is 285 g/mol. The molecule has 20 heavy (non-hydrogen) atoms. The molecule has 1 fully saturated rings. The van der Waals surface area contributed by atoms with Crippen LogP contribution in [0.15, 0.2) is 0 Å². The second kappa shape index (κ2) is 11.5. The molecule has 1 aliphatic rings. The number of rotatable bonds is 11. The van der Waals surface area contributed by atoms with Gasteiger partial charge in [-0.2, -0.15) is 0 Å². The minimum atomic E-state index is 0.718. The van der Waals surface area contributed by atoms with Crippen molar-refractivity contribution in [3.8, 4) is 0 Å². The number of hydrogen-bond donors (Lipinski definition) is 1. The van der Waals surface area contributed by atoms with Gasteiger partial charge in [0.05, 0.1) is 0 Å². The molecule has 0 heterocycles. The van der Waals surface area contributed by atoms with Gasteiger partial charge in [0, 0.05) is 33.0 Å². The van der Waals surface area contributed by atoms with Crippen molar-refractivity contribution in [1.29, 1.82) is 0 Å². The van der Waals surface area contributed by atoms with Crippen molar-refractivity contribution in [2.75, 3.05) is 33.5 Å². The van der Waals surface area contributed by atoms with Crippen LogP contribution in [-0.2, 0) is 9.47 Å². The molecule has 0 spiro atoms. The quantitative estimate of drug-likeness (QED) is 0.588. The third kappa shape index (κ3) is 7.05. The molecule has 1 aliphatic carbocycles. The lowest BCUT2D eigenvalue weighted by Gasteiger charge is -2.36. The Morgan fingerprint density at radius 3 is 2.60 bits per heavy atom. The Morgan fingerprint density at radius 1 is 1.05 bits per heavy atom. The first-order chi connectivity index (χ1) is 9.81. The Kier molecular flexibility index (Phi) is 10.3. The first-order valence-electron chi connectivity index (χ1n) is 8.61. The highest BCUT2D eigenvalue weighted by Gasteiger charge is 2.29. The number of methoxy groups -OCH3 is 1. The summed E-state index contributed by atoms with van der Waals surface area (Å²) in [6.07, 6.45) is 9.12. The number of ether oxygens (including phenoxy) is 2. The first-order valence-corrected chi connectivity index (χ1v) is 8.61. The maximum Gasteiger partial charge on any atom is 0.0487 e. The summed E-state index contributed by atoms with van der Waals surface area (Å²) in [5.74, 6) is 1.76. The minimum Gasteiger partial charge on any atom is -0.385 e. The summed E-state index contributed by atoms with van der Waals surface area (Å²) in [4.78, 5) is 0. The lowest BCUT2D eigenvalue weighted by atomic mass is 9.75. The highest BCUT2D eigenvalue weighted by molar-refractivity contribution is 4.84. The Labute approximate surface area is 125 Å². The topological polar surface area (TPSA) is 30.5 Å². The molecule has 3 atom stereocenters. The Bertz CT molecular complexity index is 223. The van der Waals surface area contributed by atoms with Crippen molar-refractivity contribution in [3.05, 3.63) is 0 Å². The molecule has 0 amide bonds. The van der Waals surface area contributed by atoms with Crippen molar-refractivity contribution >= 4 is 0 Å². The molecule has 1 N–H and O–H groups in total. The number of hydrogen-bond acceptors (Lipinski definition) is 3. The van der Waals surface area contributed by atoms with Crippen molar-refractivity contribution in [3.63, 3.8) is 0 Å². The van der Waals surface area contributed by atoms with Crippen molar-refractivity contribution in [1.82, 2.24) is 5.32 Å². The minimum absolute atomic E-state index is 0.718. The zero-order valence-electron chi connectivity index (χ0n) is 13.8. The lowest BCUT2D eigenvalue weighted by molar-refractivity contribution is 0.0787. The molecule has 0 radical (unpaired) electrons. The van der Waals surface area contributed by atoms with E-state index in [4.69, 9.17) is 9.47 Å². The van der Waals surface area contributed by atoms with E-state index in [0.717, 1.165) is 50.7 Å². The van der Waals surface area contributed by atoms with E-state index in [9.17, 15) is 0 Å². The summed E-state index contributed by atoms with van der Waals surface area (Å²) in [7, 11) is 1.75. The van der Waals surface area contributed by atoms with E-state index in [1.807, 2.05) is 0 Å². The van der Waals surface area contributed by atoms with E-state index in [1.165, 1.54) is 38.5 Å². The molecule has 120 valence electrons. The fraction of sp³-hybridized carbons (Fsp3) is 1.00. The average molecular weight is 285 g/mol. The second-order valence-electron chi connectivity index (χ2n) is 6.14. The Morgan fingerprint density at radius 2 is 1.90 bits per heavy atom. The Balaban J connectivity index is 2.24. The second-order valence-corrected chi connectivity index (χ2v) is 6.14. The predicted molar refractivity (Wildman–Crippen MR) is 85.1 cm³/mol. The molecule has 1 saturated carbocycles. The van der Waals surface area contributed by atoms with Crippen LogP contribution in [0, 0.1) is 11.8 Å². The van der Waals surface area contributed by atoms with Gasteiger partial charge in [-0.25, -0.2) is 0 Å². The zero-order valence-corrected chi connectivity index (χ0v) is 13.8. The van der Waals surface area contributed by atoms with Gasteiger partial charge >= 0.3 is 0 Å². The molecular formula is C17H35NO2. The van der Waals surface area contributed by atoms with E-state index in [0.29, 0.717) is 0 Å². The SMILES string of the molecule is CCCC1CCC(NCC)C(CCOCCCOC)C1. The molecule has 1 rings (SSSR count). The van der Waals surface area contributed by atoms with Crippen LogP contribution in [0.25, 0.3) is 0 Å². The third-order valence-corrected chi connectivity index (χ3v) is 4.52. The number of nitrogens with one attached hydrogen (secondary N) is 1. The van der Waals surface area contributed by atoms with Crippen LogP contribution in [0.4, 0.5) is 0 Å². The van der Waals surface area contributed by atoms with Crippen molar-refractivity contribution in [2.24, 2.45) is 11.8 Å².